The second-order valence-corrected chi connectivity index (χ2v) is 6.07. The highest BCUT2D eigenvalue weighted by molar-refractivity contribution is 5.81. The molecule has 0 fully saturated rings. The molecule has 21 heavy (non-hydrogen) atoms. The zero-order chi connectivity index (χ0) is 15.5. The number of fused-ring (bicyclic) bond motifs is 1. The van der Waals surface area contributed by atoms with Crippen LogP contribution in [0.1, 0.15) is 26.5 Å². The minimum absolute atomic E-state index is 0.207. The van der Waals surface area contributed by atoms with Crippen molar-refractivity contribution in [1.82, 2.24) is 15.5 Å². The second-order valence-electron chi connectivity index (χ2n) is 6.07. The number of nitrogens with one attached hydrogen (secondary N) is 2. The average Bonchev–Trinajstić information content (AvgIpc) is 2.78. The van der Waals surface area contributed by atoms with Crippen molar-refractivity contribution in [2.24, 2.45) is 5.73 Å². The maximum atomic E-state index is 11.6. The molecule has 6 nitrogen and oxygen atoms in total. The lowest BCUT2D eigenvalue weighted by Gasteiger charge is -2.20. The fourth-order valence-corrected chi connectivity index (χ4v) is 2.03. The number of alkyl carbamates (subject to hydrolysis) is 1. The first-order chi connectivity index (χ1) is 9.85. The Balaban J connectivity index is 1.87. The van der Waals surface area contributed by atoms with E-state index in [-0.39, 0.29) is 6.04 Å². The number of H-pyrrole nitrogens is 1. The van der Waals surface area contributed by atoms with Gasteiger partial charge in [0.15, 0.2) is 0 Å². The van der Waals surface area contributed by atoms with Gasteiger partial charge in [0, 0.05) is 30.1 Å². The number of hydrogen-bond donors (Lipinski definition) is 3. The van der Waals surface area contributed by atoms with Gasteiger partial charge in [0.2, 0.25) is 0 Å². The van der Waals surface area contributed by atoms with Gasteiger partial charge in [-0.25, -0.2) is 4.79 Å². The Labute approximate surface area is 124 Å². The summed E-state index contributed by atoms with van der Waals surface area (Å²) >= 11 is 0. The van der Waals surface area contributed by atoms with Crippen LogP contribution in [0.15, 0.2) is 24.3 Å². The monoisotopic (exact) mass is 290 g/mol. The molecule has 114 valence electrons. The van der Waals surface area contributed by atoms with Crippen LogP contribution < -0.4 is 11.1 Å². The fourth-order valence-electron chi connectivity index (χ4n) is 2.03. The molecule has 4 N–H and O–H groups in total. The van der Waals surface area contributed by atoms with Gasteiger partial charge in [0.25, 0.3) is 0 Å². The van der Waals surface area contributed by atoms with Gasteiger partial charge in [0.1, 0.15) is 5.60 Å². The van der Waals surface area contributed by atoms with Crippen molar-refractivity contribution < 1.29 is 9.53 Å². The number of rotatable bonds is 4. The Bertz CT molecular complexity index is 615. The first-order valence-electron chi connectivity index (χ1n) is 6.99. The van der Waals surface area contributed by atoms with Crippen LogP contribution >= 0.6 is 0 Å². The van der Waals surface area contributed by atoms with Gasteiger partial charge in [-0.3, -0.25) is 5.10 Å². The number of aromatic nitrogens is 2. The predicted molar refractivity (Wildman–Crippen MR) is 82.0 cm³/mol. The molecule has 2 rings (SSSR count). The fraction of sp³-hybridized carbons (Fsp3) is 0.467. The molecule has 6 heteroatoms. The number of amides is 1. The minimum atomic E-state index is -0.506. The summed E-state index contributed by atoms with van der Waals surface area (Å²) in [6.45, 7) is 5.82. The van der Waals surface area contributed by atoms with Crippen molar-refractivity contribution in [3.63, 3.8) is 0 Å². The van der Waals surface area contributed by atoms with Gasteiger partial charge >= 0.3 is 6.09 Å². The lowest BCUT2D eigenvalue weighted by molar-refractivity contribution is 0.0524. The van der Waals surface area contributed by atoms with Gasteiger partial charge < -0.3 is 15.8 Å². The van der Waals surface area contributed by atoms with E-state index in [4.69, 9.17) is 10.5 Å². The highest BCUT2D eigenvalue weighted by atomic mass is 16.6. The summed E-state index contributed by atoms with van der Waals surface area (Å²) in [4.78, 5) is 11.6. The van der Waals surface area contributed by atoms with Gasteiger partial charge in [0.05, 0.1) is 5.52 Å². The van der Waals surface area contributed by atoms with E-state index in [2.05, 4.69) is 15.5 Å². The first-order valence-corrected chi connectivity index (χ1v) is 6.99. The van der Waals surface area contributed by atoms with Crippen LogP contribution in [0.25, 0.3) is 10.9 Å². The number of nitrogens with two attached hydrogens (primary N) is 1. The topological polar surface area (TPSA) is 93.0 Å². The van der Waals surface area contributed by atoms with Crippen LogP contribution in [0.2, 0.25) is 0 Å². The molecule has 1 amide bonds. The zero-order valence-corrected chi connectivity index (χ0v) is 12.6. The molecule has 1 unspecified atom stereocenters. The van der Waals surface area contributed by atoms with Crippen molar-refractivity contribution in [1.29, 1.82) is 0 Å². The van der Waals surface area contributed by atoms with Crippen LogP contribution in [0, 0.1) is 0 Å². The summed E-state index contributed by atoms with van der Waals surface area (Å²) in [5, 5.41) is 11.0. The SMILES string of the molecule is CC(C)(C)OC(=O)NCC(N)Cc1[nH]nc2ccccc12. The summed E-state index contributed by atoms with van der Waals surface area (Å²) in [6.07, 6.45) is 0.156. The van der Waals surface area contributed by atoms with Crippen molar-refractivity contribution in [3.8, 4) is 0 Å². The van der Waals surface area contributed by atoms with E-state index in [1.54, 1.807) is 0 Å². The van der Waals surface area contributed by atoms with Gasteiger partial charge in [-0.1, -0.05) is 18.2 Å². The summed E-state index contributed by atoms with van der Waals surface area (Å²) in [6, 6.07) is 7.64. The molecular weight excluding hydrogens is 268 g/mol. The number of nitrogens with zero attached hydrogens (tertiary/aromatic N) is 1. The molecule has 0 spiro atoms. The molecule has 0 aliphatic rings. The van der Waals surface area contributed by atoms with E-state index in [0.717, 1.165) is 16.6 Å². The standard InChI is InChI=1S/C15H22N4O2/c1-15(2,3)21-14(20)17-9-10(16)8-13-11-6-4-5-7-12(11)18-19-13/h4-7,10H,8-9,16H2,1-3H3,(H,17,20)(H,18,19). The zero-order valence-electron chi connectivity index (χ0n) is 12.6. The summed E-state index contributed by atoms with van der Waals surface area (Å²) in [5.41, 5.74) is 7.44. The maximum absolute atomic E-state index is 11.6. The van der Waals surface area contributed by atoms with E-state index in [9.17, 15) is 4.79 Å². The van der Waals surface area contributed by atoms with Crippen molar-refractivity contribution >= 4 is 17.0 Å². The Kier molecular flexibility index (Phi) is 4.47. The normalized spacial score (nSPS) is 13.1. The second kappa shape index (κ2) is 6.13. The number of carbonyl (C=O) groups excluding carboxylic acids is 1. The number of aromatic amines is 1. The van der Waals surface area contributed by atoms with Crippen molar-refractivity contribution in [2.75, 3.05) is 6.54 Å². The third-order valence-corrected chi connectivity index (χ3v) is 2.91. The molecule has 1 aromatic carbocycles. The molecule has 1 aromatic heterocycles. The quantitative estimate of drug-likeness (QED) is 0.802. The van der Waals surface area contributed by atoms with Gasteiger partial charge in [-0.2, -0.15) is 5.10 Å². The largest absolute Gasteiger partial charge is 0.444 e. The maximum Gasteiger partial charge on any atom is 0.407 e. The molecule has 0 aliphatic carbocycles. The van der Waals surface area contributed by atoms with Crippen LogP contribution in [0.4, 0.5) is 4.79 Å². The first kappa shape index (κ1) is 15.3. The molecular formula is C15H22N4O2. The molecule has 1 atom stereocenters. The average molecular weight is 290 g/mol. The van der Waals surface area contributed by atoms with Crippen LogP contribution in [0.5, 0.6) is 0 Å². The molecule has 0 radical (unpaired) electrons. The summed E-state index contributed by atoms with van der Waals surface area (Å²) in [7, 11) is 0. The van der Waals surface area contributed by atoms with E-state index in [1.165, 1.54) is 0 Å². The number of hydrogen-bond acceptors (Lipinski definition) is 4. The Morgan fingerprint density at radius 3 is 2.86 bits per heavy atom. The molecule has 0 saturated heterocycles. The number of benzene rings is 1. The lowest BCUT2D eigenvalue weighted by Crippen LogP contribution is -2.41. The molecule has 1 heterocycles. The van der Waals surface area contributed by atoms with Crippen molar-refractivity contribution in [2.45, 2.75) is 38.8 Å². The minimum Gasteiger partial charge on any atom is -0.444 e. The molecule has 0 saturated carbocycles. The highest BCUT2D eigenvalue weighted by Gasteiger charge is 2.17. The molecule has 0 aliphatic heterocycles. The lowest BCUT2D eigenvalue weighted by atomic mass is 10.1. The third kappa shape index (κ3) is 4.46. The van der Waals surface area contributed by atoms with Crippen LogP contribution in [0.3, 0.4) is 0 Å². The molecule has 2 aromatic rings. The van der Waals surface area contributed by atoms with E-state index in [1.807, 2.05) is 45.0 Å². The van der Waals surface area contributed by atoms with E-state index < -0.39 is 11.7 Å². The van der Waals surface area contributed by atoms with E-state index >= 15 is 0 Å². The third-order valence-electron chi connectivity index (χ3n) is 2.91. The van der Waals surface area contributed by atoms with E-state index in [0.29, 0.717) is 13.0 Å². The number of para-hydroxylation sites is 1. The Hall–Kier alpha value is -2.08. The Morgan fingerprint density at radius 1 is 1.43 bits per heavy atom. The van der Waals surface area contributed by atoms with Crippen LogP contribution in [-0.2, 0) is 11.2 Å². The number of ether oxygens (including phenoxy) is 1. The smallest absolute Gasteiger partial charge is 0.407 e. The van der Waals surface area contributed by atoms with Crippen molar-refractivity contribution in [3.05, 3.63) is 30.0 Å². The van der Waals surface area contributed by atoms with Gasteiger partial charge in [-0.05, 0) is 26.8 Å². The number of carbonyl (C=O) groups is 1. The Morgan fingerprint density at radius 2 is 2.14 bits per heavy atom. The summed E-state index contributed by atoms with van der Waals surface area (Å²) in [5.74, 6) is 0. The molecule has 0 bridgehead atoms. The summed E-state index contributed by atoms with van der Waals surface area (Å²) < 4.78 is 5.17. The van der Waals surface area contributed by atoms with Crippen LogP contribution in [-0.4, -0.2) is 34.5 Å². The van der Waals surface area contributed by atoms with Gasteiger partial charge in [-0.15, -0.1) is 0 Å². The highest BCUT2D eigenvalue weighted by Crippen LogP contribution is 2.16. The predicted octanol–water partition coefficient (Wildman–Crippen LogP) is 1.96.